The summed E-state index contributed by atoms with van der Waals surface area (Å²) >= 11 is 0. The molecule has 4 heteroatoms. The van der Waals surface area contributed by atoms with E-state index in [4.69, 9.17) is 5.32 Å². The fraction of sp³-hybridized carbons (Fsp3) is 0.310. The van der Waals surface area contributed by atoms with Crippen LogP contribution in [0.3, 0.4) is 0 Å². The van der Waals surface area contributed by atoms with Crippen LogP contribution in [-0.4, -0.2) is 23.1 Å². The molecule has 0 fully saturated rings. The molecule has 0 amide bonds. The van der Waals surface area contributed by atoms with Crippen molar-refractivity contribution in [3.05, 3.63) is 114 Å². The molecular weight excluding hydrogens is 571 g/mol. The third-order valence-electron chi connectivity index (χ3n) is 5.49. The number of aryl methyl sites for hydroxylation is 5. The number of benzene rings is 3. The molecule has 3 aromatic rings. The van der Waals surface area contributed by atoms with Gasteiger partial charge in [-0.15, -0.1) is 12.2 Å². The molecule has 1 N–H and O–H groups in total. The van der Waals surface area contributed by atoms with Crippen molar-refractivity contribution in [1.82, 2.24) is 4.90 Å². The van der Waals surface area contributed by atoms with E-state index in [9.17, 15) is 5.11 Å². The quantitative estimate of drug-likeness (QED) is 0.212. The smallest absolute Gasteiger partial charge is 0.683 e. The van der Waals surface area contributed by atoms with Crippen LogP contribution in [0.4, 0.5) is 5.69 Å². The topological polar surface area (TPSA) is 37.6 Å². The second kappa shape index (κ2) is 14.4. The number of phenols is 1. The molecule has 0 aliphatic heterocycles. The summed E-state index contributed by atoms with van der Waals surface area (Å²) in [5, 5.41) is 15.5. The van der Waals surface area contributed by atoms with E-state index in [1.165, 1.54) is 27.8 Å². The predicted molar refractivity (Wildman–Crippen MR) is 140 cm³/mol. The van der Waals surface area contributed by atoms with Gasteiger partial charge < -0.3 is 25.3 Å². The molecule has 0 saturated carbocycles. The number of phenolic OH excluding ortho intramolecular Hbond substituents is 1. The standard InChI is InChI=1S/C27H33N2O.2CH3.Hf/c1-19-13-21(3)26(22(4)14-19)28-11-12-29(17-24-9-7-6-8-10-24)18-25-16-20(2)15-23(5)27(25)30;;;/h6-10,13-16,30H,11-12,17-18H2,1-5H3;2*1H3;/q3*-1;+4. The van der Waals surface area contributed by atoms with E-state index >= 15 is 0 Å². The Kier molecular flexibility index (Phi) is 13.5. The second-order valence-corrected chi connectivity index (χ2v) is 8.41. The van der Waals surface area contributed by atoms with Gasteiger partial charge in [0.15, 0.2) is 0 Å². The molecule has 3 aromatic carbocycles. The van der Waals surface area contributed by atoms with Gasteiger partial charge in [-0.1, -0.05) is 76.9 Å². The summed E-state index contributed by atoms with van der Waals surface area (Å²) in [6, 6.07) is 19.0. The Morgan fingerprint density at radius 1 is 0.758 bits per heavy atom. The second-order valence-electron chi connectivity index (χ2n) is 8.41. The first-order valence-electron chi connectivity index (χ1n) is 10.6. The van der Waals surface area contributed by atoms with Crippen molar-refractivity contribution < 1.29 is 30.9 Å². The summed E-state index contributed by atoms with van der Waals surface area (Å²) in [6.07, 6.45) is 0. The van der Waals surface area contributed by atoms with Crippen molar-refractivity contribution in [1.29, 1.82) is 0 Å². The summed E-state index contributed by atoms with van der Waals surface area (Å²) in [7, 11) is 0. The number of nitrogens with zero attached hydrogens (tertiary/aromatic N) is 2. The molecule has 33 heavy (non-hydrogen) atoms. The van der Waals surface area contributed by atoms with Crippen LogP contribution in [0.15, 0.2) is 54.6 Å². The van der Waals surface area contributed by atoms with Crippen LogP contribution in [-0.2, 0) is 38.9 Å². The van der Waals surface area contributed by atoms with E-state index in [0.717, 1.165) is 36.4 Å². The summed E-state index contributed by atoms with van der Waals surface area (Å²) in [5.74, 6) is 0.404. The minimum absolute atomic E-state index is 0. The maximum atomic E-state index is 10.6. The zero-order valence-corrected chi connectivity index (χ0v) is 25.0. The molecular formula is C29H39HfN2O+. The van der Waals surface area contributed by atoms with Crippen molar-refractivity contribution in [2.24, 2.45) is 0 Å². The molecule has 3 nitrogen and oxygen atoms in total. The van der Waals surface area contributed by atoms with Gasteiger partial charge in [0.05, 0.1) is 0 Å². The van der Waals surface area contributed by atoms with Gasteiger partial charge in [-0.25, -0.2) is 0 Å². The molecule has 0 unspecified atom stereocenters. The largest absolute Gasteiger partial charge is 4.00 e. The zero-order valence-electron chi connectivity index (χ0n) is 21.4. The van der Waals surface area contributed by atoms with Crippen LogP contribution in [0, 0.1) is 49.5 Å². The van der Waals surface area contributed by atoms with Gasteiger partial charge in [0, 0.05) is 18.7 Å². The Bertz CT molecular complexity index is 979. The Morgan fingerprint density at radius 2 is 1.30 bits per heavy atom. The molecule has 0 atom stereocenters. The van der Waals surface area contributed by atoms with Crippen molar-refractivity contribution in [2.75, 3.05) is 13.1 Å². The molecule has 0 heterocycles. The zero-order chi connectivity index (χ0) is 21.7. The number of rotatable bonds is 8. The summed E-state index contributed by atoms with van der Waals surface area (Å²) in [4.78, 5) is 2.37. The van der Waals surface area contributed by atoms with E-state index in [1.54, 1.807) is 0 Å². The Labute approximate surface area is 221 Å². The van der Waals surface area contributed by atoms with Gasteiger partial charge in [-0.05, 0) is 52.3 Å². The van der Waals surface area contributed by atoms with Gasteiger partial charge in [-0.3, -0.25) is 4.90 Å². The molecule has 0 radical (unpaired) electrons. The monoisotopic (exact) mass is 611 g/mol. The molecule has 0 aliphatic rings. The maximum absolute atomic E-state index is 10.6. The first-order chi connectivity index (χ1) is 14.3. The van der Waals surface area contributed by atoms with E-state index in [-0.39, 0.29) is 40.7 Å². The van der Waals surface area contributed by atoms with E-state index in [2.05, 4.69) is 75.1 Å². The van der Waals surface area contributed by atoms with E-state index < -0.39 is 0 Å². The van der Waals surface area contributed by atoms with Crippen LogP contribution in [0.25, 0.3) is 5.32 Å². The van der Waals surface area contributed by atoms with Crippen LogP contribution in [0.1, 0.15) is 38.9 Å². The van der Waals surface area contributed by atoms with Crippen LogP contribution in [0.5, 0.6) is 5.75 Å². The third kappa shape index (κ3) is 8.75. The van der Waals surface area contributed by atoms with Crippen LogP contribution < -0.4 is 0 Å². The fourth-order valence-electron chi connectivity index (χ4n) is 4.19. The SMILES string of the molecule is Cc1cc(C)c([N-]CCN(Cc2ccccc2)Cc2cc(C)cc(C)c2O)c(C)c1.[CH3-].[CH3-].[Hf+4]. The summed E-state index contributed by atoms with van der Waals surface area (Å²) in [6.45, 7) is 13.5. The van der Waals surface area contributed by atoms with Gasteiger partial charge in [-0.2, -0.15) is 0 Å². The van der Waals surface area contributed by atoms with Gasteiger partial charge >= 0.3 is 25.8 Å². The molecule has 0 saturated heterocycles. The predicted octanol–water partition coefficient (Wildman–Crippen LogP) is 7.54. The average molecular weight is 610 g/mol. The minimum Gasteiger partial charge on any atom is -0.683 e. The first kappa shape index (κ1) is 31.1. The Balaban J connectivity index is 0.00000341. The molecule has 0 bridgehead atoms. The van der Waals surface area contributed by atoms with Crippen molar-refractivity contribution in [2.45, 2.75) is 47.7 Å². The average Bonchev–Trinajstić information content (AvgIpc) is 2.68. The van der Waals surface area contributed by atoms with Crippen molar-refractivity contribution >= 4 is 5.69 Å². The third-order valence-corrected chi connectivity index (χ3v) is 5.49. The van der Waals surface area contributed by atoms with Crippen LogP contribution in [0.2, 0.25) is 0 Å². The van der Waals surface area contributed by atoms with Gasteiger partial charge in [0.1, 0.15) is 5.75 Å². The van der Waals surface area contributed by atoms with Crippen LogP contribution >= 0.6 is 0 Å². The molecule has 3 rings (SSSR count). The Hall–Kier alpha value is -1.91. The number of aromatic hydroxyl groups is 1. The van der Waals surface area contributed by atoms with E-state index in [0.29, 0.717) is 12.3 Å². The normalized spacial score (nSPS) is 10.1. The number of hydrogen-bond donors (Lipinski definition) is 1. The minimum atomic E-state index is 0. The van der Waals surface area contributed by atoms with Crippen molar-refractivity contribution in [3.63, 3.8) is 0 Å². The van der Waals surface area contributed by atoms with E-state index in [1.807, 2.05) is 19.1 Å². The van der Waals surface area contributed by atoms with Gasteiger partial charge in [0.25, 0.3) is 0 Å². The number of hydrogen-bond acceptors (Lipinski definition) is 2. The summed E-state index contributed by atoms with van der Waals surface area (Å²) in [5.41, 5.74) is 9.20. The molecule has 0 aliphatic carbocycles. The van der Waals surface area contributed by atoms with Crippen molar-refractivity contribution in [3.8, 4) is 5.75 Å². The fourth-order valence-corrected chi connectivity index (χ4v) is 4.19. The van der Waals surface area contributed by atoms with Gasteiger partial charge in [0.2, 0.25) is 0 Å². The Morgan fingerprint density at radius 3 is 1.91 bits per heavy atom. The first-order valence-corrected chi connectivity index (χ1v) is 10.6. The summed E-state index contributed by atoms with van der Waals surface area (Å²) < 4.78 is 0. The molecule has 0 spiro atoms. The molecule has 0 aromatic heterocycles. The molecule has 174 valence electrons. The maximum Gasteiger partial charge on any atom is 4.00 e.